The van der Waals surface area contributed by atoms with Gasteiger partial charge >= 0.3 is 0 Å². The largest absolute Gasteiger partial charge is 0.344 e. The fourth-order valence-electron chi connectivity index (χ4n) is 2.92. The number of halogens is 1. The van der Waals surface area contributed by atoms with Crippen molar-refractivity contribution in [2.75, 3.05) is 0 Å². The van der Waals surface area contributed by atoms with Gasteiger partial charge in [0.1, 0.15) is 5.69 Å². The quantitative estimate of drug-likeness (QED) is 0.838. The van der Waals surface area contributed by atoms with E-state index in [0.29, 0.717) is 0 Å². The van der Waals surface area contributed by atoms with Crippen molar-refractivity contribution in [1.82, 2.24) is 9.88 Å². The molecule has 1 unspecified atom stereocenters. The Labute approximate surface area is 137 Å². The van der Waals surface area contributed by atoms with Crippen LogP contribution in [-0.4, -0.2) is 10.5 Å². The van der Waals surface area contributed by atoms with Gasteiger partial charge in [0.25, 0.3) is 5.91 Å². The molecule has 0 radical (unpaired) electrons. The van der Waals surface area contributed by atoms with E-state index in [1.807, 2.05) is 16.8 Å². The molecule has 0 saturated heterocycles. The molecule has 1 atom stereocenters. The summed E-state index contributed by atoms with van der Waals surface area (Å²) in [6, 6.07) is 4.47. The lowest BCUT2D eigenvalue weighted by molar-refractivity contribution is 0.0922. The lowest BCUT2D eigenvalue weighted by Gasteiger charge is -2.24. The van der Waals surface area contributed by atoms with Crippen molar-refractivity contribution in [2.45, 2.75) is 45.2 Å². The van der Waals surface area contributed by atoms with E-state index >= 15 is 0 Å². The Hall–Kier alpha value is -1.07. The van der Waals surface area contributed by atoms with Gasteiger partial charge in [-0.25, -0.2) is 0 Å². The molecule has 0 aliphatic heterocycles. The molecule has 0 spiro atoms. The first-order valence-corrected chi connectivity index (χ1v) is 8.98. The Morgan fingerprint density at radius 3 is 3.10 bits per heavy atom. The second-order valence-electron chi connectivity index (χ2n) is 5.76. The number of fused-ring (bicyclic) bond motifs is 1. The Bertz CT molecular complexity index is 659. The third kappa shape index (κ3) is 2.94. The van der Waals surface area contributed by atoms with Crippen LogP contribution in [0.3, 0.4) is 0 Å². The first-order chi connectivity index (χ1) is 10.1. The third-order valence-electron chi connectivity index (χ3n) is 3.96. The zero-order valence-electron chi connectivity index (χ0n) is 12.2. The molecule has 0 fully saturated rings. The van der Waals surface area contributed by atoms with Gasteiger partial charge in [-0.05, 0) is 72.1 Å². The predicted molar refractivity (Wildman–Crippen MR) is 90.0 cm³/mol. The molecule has 2 aromatic rings. The van der Waals surface area contributed by atoms with Crippen LogP contribution in [0.5, 0.6) is 0 Å². The highest BCUT2D eigenvalue weighted by atomic mass is 79.9. The summed E-state index contributed by atoms with van der Waals surface area (Å²) in [5.41, 5.74) is 2.03. The molecule has 3 nitrogen and oxygen atoms in total. The number of rotatable bonds is 3. The molecule has 1 aliphatic carbocycles. The Kier molecular flexibility index (Phi) is 4.22. The van der Waals surface area contributed by atoms with E-state index in [1.54, 1.807) is 11.3 Å². The van der Waals surface area contributed by atoms with Crippen LogP contribution < -0.4 is 5.32 Å². The van der Waals surface area contributed by atoms with Gasteiger partial charge in [0.2, 0.25) is 0 Å². The van der Waals surface area contributed by atoms with Crippen molar-refractivity contribution in [2.24, 2.45) is 0 Å². The standard InChI is InChI=1S/C16H19BrN2OS/c1-10(2)19-9-11(17)8-14(19)16(20)18-13-4-3-5-15-12(13)6-7-21-15/h6-10,13H,3-5H2,1-2H3,(H,18,20). The van der Waals surface area contributed by atoms with Crippen molar-refractivity contribution in [3.63, 3.8) is 0 Å². The Morgan fingerprint density at radius 2 is 2.33 bits per heavy atom. The van der Waals surface area contributed by atoms with Crippen LogP contribution >= 0.6 is 27.3 Å². The maximum atomic E-state index is 12.6. The van der Waals surface area contributed by atoms with E-state index in [-0.39, 0.29) is 18.0 Å². The highest BCUT2D eigenvalue weighted by Gasteiger charge is 2.24. The van der Waals surface area contributed by atoms with E-state index in [9.17, 15) is 4.79 Å². The minimum absolute atomic E-state index is 0.0125. The van der Waals surface area contributed by atoms with Crippen LogP contribution in [0.1, 0.15) is 59.7 Å². The molecule has 112 valence electrons. The summed E-state index contributed by atoms with van der Waals surface area (Å²) in [7, 11) is 0. The van der Waals surface area contributed by atoms with Crippen molar-refractivity contribution in [1.29, 1.82) is 0 Å². The second-order valence-corrected chi connectivity index (χ2v) is 7.68. The first kappa shape index (κ1) is 14.9. The number of nitrogens with zero attached hydrogens (tertiary/aromatic N) is 1. The molecule has 0 bridgehead atoms. The molecule has 1 amide bonds. The summed E-state index contributed by atoms with van der Waals surface area (Å²) in [4.78, 5) is 14.1. The topological polar surface area (TPSA) is 34.0 Å². The van der Waals surface area contributed by atoms with Crippen LogP contribution in [0.2, 0.25) is 0 Å². The predicted octanol–water partition coefficient (Wildman–Crippen LogP) is 4.70. The third-order valence-corrected chi connectivity index (χ3v) is 5.39. The minimum atomic E-state index is 0.0125. The number of aryl methyl sites for hydroxylation is 1. The SMILES string of the molecule is CC(C)n1cc(Br)cc1C(=O)NC1CCCc2sccc21. The van der Waals surface area contributed by atoms with Gasteiger partial charge in [-0.3, -0.25) is 4.79 Å². The van der Waals surface area contributed by atoms with E-state index in [4.69, 9.17) is 0 Å². The molecule has 3 rings (SSSR count). The number of nitrogens with one attached hydrogen (secondary N) is 1. The maximum absolute atomic E-state index is 12.6. The zero-order chi connectivity index (χ0) is 15.0. The number of hydrogen-bond donors (Lipinski definition) is 1. The fourth-order valence-corrected chi connectivity index (χ4v) is 4.35. The van der Waals surface area contributed by atoms with Gasteiger partial charge < -0.3 is 9.88 Å². The summed E-state index contributed by atoms with van der Waals surface area (Å²) in [6.07, 6.45) is 5.29. The molecule has 0 saturated carbocycles. The van der Waals surface area contributed by atoms with Gasteiger partial charge in [0, 0.05) is 21.6 Å². The second kappa shape index (κ2) is 5.97. The van der Waals surface area contributed by atoms with E-state index in [2.05, 4.69) is 46.5 Å². The van der Waals surface area contributed by atoms with Crippen LogP contribution in [-0.2, 0) is 6.42 Å². The van der Waals surface area contributed by atoms with Crippen molar-refractivity contribution >= 4 is 33.2 Å². The van der Waals surface area contributed by atoms with Gasteiger partial charge in [-0.1, -0.05) is 0 Å². The highest BCUT2D eigenvalue weighted by molar-refractivity contribution is 9.10. The van der Waals surface area contributed by atoms with Crippen molar-refractivity contribution in [3.05, 3.63) is 44.3 Å². The lowest BCUT2D eigenvalue weighted by Crippen LogP contribution is -2.32. The molecule has 0 aromatic carbocycles. The average molecular weight is 367 g/mol. The molecule has 1 aliphatic rings. The van der Waals surface area contributed by atoms with Crippen LogP contribution in [0.15, 0.2) is 28.2 Å². The molecular weight excluding hydrogens is 348 g/mol. The van der Waals surface area contributed by atoms with Gasteiger partial charge in [0.15, 0.2) is 0 Å². The monoisotopic (exact) mass is 366 g/mol. The normalized spacial score (nSPS) is 17.8. The van der Waals surface area contributed by atoms with Crippen LogP contribution in [0.25, 0.3) is 0 Å². The number of aromatic nitrogens is 1. The van der Waals surface area contributed by atoms with E-state index in [0.717, 1.165) is 29.4 Å². The highest BCUT2D eigenvalue weighted by Crippen LogP contribution is 2.33. The smallest absolute Gasteiger partial charge is 0.268 e. The van der Waals surface area contributed by atoms with Crippen LogP contribution in [0, 0.1) is 0 Å². The summed E-state index contributed by atoms with van der Waals surface area (Å²) in [6.45, 7) is 4.17. The van der Waals surface area contributed by atoms with E-state index < -0.39 is 0 Å². The summed E-state index contributed by atoms with van der Waals surface area (Å²) >= 11 is 5.27. The van der Waals surface area contributed by atoms with Crippen molar-refractivity contribution < 1.29 is 4.79 Å². The number of thiophene rings is 1. The summed E-state index contributed by atoms with van der Waals surface area (Å²) in [5, 5.41) is 5.34. The van der Waals surface area contributed by atoms with E-state index in [1.165, 1.54) is 10.4 Å². The number of carbonyl (C=O) groups is 1. The average Bonchev–Trinajstić information content (AvgIpc) is 3.05. The zero-order valence-corrected chi connectivity index (χ0v) is 14.6. The summed E-state index contributed by atoms with van der Waals surface area (Å²) < 4.78 is 2.96. The molecule has 1 N–H and O–H groups in total. The number of amides is 1. The molecule has 21 heavy (non-hydrogen) atoms. The lowest BCUT2D eigenvalue weighted by atomic mass is 9.94. The van der Waals surface area contributed by atoms with Crippen LogP contribution in [0.4, 0.5) is 0 Å². The summed E-state index contributed by atoms with van der Waals surface area (Å²) in [5.74, 6) is 0.0125. The first-order valence-electron chi connectivity index (χ1n) is 7.30. The molecular formula is C16H19BrN2OS. The molecule has 5 heteroatoms. The molecule has 2 aromatic heterocycles. The Morgan fingerprint density at radius 1 is 1.52 bits per heavy atom. The van der Waals surface area contributed by atoms with Crippen molar-refractivity contribution in [3.8, 4) is 0 Å². The van der Waals surface area contributed by atoms with Gasteiger partial charge in [-0.2, -0.15) is 0 Å². The van der Waals surface area contributed by atoms with Gasteiger partial charge in [0.05, 0.1) is 6.04 Å². The van der Waals surface area contributed by atoms with Gasteiger partial charge in [-0.15, -0.1) is 11.3 Å². The minimum Gasteiger partial charge on any atom is -0.344 e. The Balaban J connectivity index is 1.82. The maximum Gasteiger partial charge on any atom is 0.268 e. The fraction of sp³-hybridized carbons (Fsp3) is 0.438. The molecule has 2 heterocycles. The number of carbonyl (C=O) groups excluding carboxylic acids is 1. The number of hydrogen-bond acceptors (Lipinski definition) is 2.